The first kappa shape index (κ1) is 21.3. The highest BCUT2D eigenvalue weighted by Crippen LogP contribution is 2.33. The van der Waals surface area contributed by atoms with Crippen LogP contribution in [0.25, 0.3) is 11.4 Å². The summed E-state index contributed by atoms with van der Waals surface area (Å²) in [5.74, 6) is 1.44. The molecule has 2 aromatic heterocycles. The quantitative estimate of drug-likeness (QED) is 0.366. The summed E-state index contributed by atoms with van der Waals surface area (Å²) < 4.78 is 14.5. The fourth-order valence-corrected chi connectivity index (χ4v) is 3.62. The molecule has 0 aliphatic heterocycles. The molecule has 32 heavy (non-hydrogen) atoms. The molecule has 4 rings (SSSR count). The molecule has 0 unspecified atom stereocenters. The second kappa shape index (κ2) is 8.66. The van der Waals surface area contributed by atoms with Gasteiger partial charge in [0, 0.05) is 23.5 Å². The molecule has 0 saturated heterocycles. The zero-order valence-electron chi connectivity index (χ0n) is 19.1. The average Bonchev–Trinajstić information content (AvgIpc) is 3.31. The Balaban J connectivity index is 1.82. The number of ether oxygens (including phenoxy) is 2. The van der Waals surface area contributed by atoms with Gasteiger partial charge in [-0.3, -0.25) is 0 Å². The third-order valence-corrected chi connectivity index (χ3v) is 5.11. The minimum atomic E-state index is 0.673. The van der Waals surface area contributed by atoms with Crippen LogP contribution >= 0.6 is 0 Å². The third-order valence-electron chi connectivity index (χ3n) is 5.11. The monoisotopic (exact) mass is 430 g/mol. The van der Waals surface area contributed by atoms with E-state index in [1.807, 2.05) is 85.6 Å². The Kier molecular flexibility index (Phi) is 5.77. The van der Waals surface area contributed by atoms with Gasteiger partial charge in [-0.2, -0.15) is 10.2 Å². The van der Waals surface area contributed by atoms with Gasteiger partial charge in [-0.05, 0) is 64.1 Å². The molecule has 0 saturated carbocycles. The molecular weight excluding hydrogens is 404 g/mol. The molecule has 2 aromatic carbocycles. The van der Waals surface area contributed by atoms with E-state index in [1.54, 1.807) is 14.2 Å². The van der Waals surface area contributed by atoms with Gasteiger partial charge in [0.1, 0.15) is 22.9 Å². The summed E-state index contributed by atoms with van der Waals surface area (Å²) in [6.45, 7) is 7.93. The number of nitrogens with zero attached hydrogens (tertiary/aromatic N) is 6. The minimum Gasteiger partial charge on any atom is -0.497 e. The average molecular weight is 431 g/mol. The number of azo groups is 1. The van der Waals surface area contributed by atoms with Crippen molar-refractivity contribution in [2.45, 2.75) is 27.7 Å². The Bertz CT molecular complexity index is 1200. The lowest BCUT2D eigenvalue weighted by Gasteiger charge is -2.11. The first-order valence-corrected chi connectivity index (χ1v) is 10.2. The molecule has 0 bridgehead atoms. The molecule has 4 aromatic rings. The summed E-state index contributed by atoms with van der Waals surface area (Å²) >= 11 is 0. The predicted molar refractivity (Wildman–Crippen MR) is 123 cm³/mol. The second-order valence-electron chi connectivity index (χ2n) is 7.59. The normalized spacial score (nSPS) is 11.3. The van der Waals surface area contributed by atoms with Gasteiger partial charge in [0.25, 0.3) is 0 Å². The third kappa shape index (κ3) is 4.12. The van der Waals surface area contributed by atoms with E-state index in [1.165, 1.54) is 0 Å². The number of benzene rings is 2. The van der Waals surface area contributed by atoms with Gasteiger partial charge in [0.05, 0.1) is 37.0 Å². The topological polar surface area (TPSA) is 78.8 Å². The van der Waals surface area contributed by atoms with Crippen molar-refractivity contribution in [3.8, 4) is 22.9 Å². The first-order chi connectivity index (χ1) is 15.4. The van der Waals surface area contributed by atoms with Crippen LogP contribution in [0.3, 0.4) is 0 Å². The summed E-state index contributed by atoms with van der Waals surface area (Å²) in [6.07, 6.45) is 0. The molecule has 0 spiro atoms. The molecule has 0 amide bonds. The number of methoxy groups -OCH3 is 2. The Hall–Kier alpha value is -3.94. The maximum atomic E-state index is 5.42. The fraction of sp³-hybridized carbons (Fsp3) is 0.250. The van der Waals surface area contributed by atoms with E-state index in [-0.39, 0.29) is 0 Å². The minimum absolute atomic E-state index is 0.673. The highest BCUT2D eigenvalue weighted by atomic mass is 16.5. The maximum absolute atomic E-state index is 5.42. The molecule has 0 fully saturated rings. The van der Waals surface area contributed by atoms with Crippen molar-refractivity contribution in [2.75, 3.05) is 14.2 Å². The van der Waals surface area contributed by atoms with E-state index in [0.29, 0.717) is 11.4 Å². The highest BCUT2D eigenvalue weighted by Gasteiger charge is 2.13. The lowest BCUT2D eigenvalue weighted by atomic mass is 10.2. The van der Waals surface area contributed by atoms with Crippen LogP contribution in [0.4, 0.5) is 11.4 Å². The lowest BCUT2D eigenvalue weighted by Crippen LogP contribution is -2.01. The number of hydrogen-bond acceptors (Lipinski definition) is 6. The van der Waals surface area contributed by atoms with E-state index in [2.05, 4.69) is 20.4 Å². The number of hydrogen-bond donors (Lipinski definition) is 0. The first-order valence-electron chi connectivity index (χ1n) is 10.2. The van der Waals surface area contributed by atoms with Gasteiger partial charge < -0.3 is 9.47 Å². The number of rotatable bonds is 6. The van der Waals surface area contributed by atoms with Gasteiger partial charge in [-0.15, -0.1) is 10.2 Å². The largest absolute Gasteiger partial charge is 0.497 e. The van der Waals surface area contributed by atoms with Crippen LogP contribution in [0, 0.1) is 27.7 Å². The van der Waals surface area contributed by atoms with Gasteiger partial charge >= 0.3 is 0 Å². The van der Waals surface area contributed by atoms with Crippen molar-refractivity contribution >= 4 is 11.4 Å². The number of aryl methyl sites for hydroxylation is 4. The summed E-state index contributed by atoms with van der Waals surface area (Å²) in [4.78, 5) is 0. The Morgan fingerprint density at radius 1 is 0.625 bits per heavy atom. The van der Waals surface area contributed by atoms with Crippen LogP contribution < -0.4 is 9.47 Å². The molecule has 0 atom stereocenters. The van der Waals surface area contributed by atoms with Crippen molar-refractivity contribution in [1.82, 2.24) is 19.6 Å². The zero-order chi connectivity index (χ0) is 22.8. The van der Waals surface area contributed by atoms with Gasteiger partial charge in [0.2, 0.25) is 0 Å². The Labute approximate surface area is 187 Å². The highest BCUT2D eigenvalue weighted by molar-refractivity contribution is 5.63. The van der Waals surface area contributed by atoms with Crippen LogP contribution in [0.2, 0.25) is 0 Å². The van der Waals surface area contributed by atoms with Gasteiger partial charge in [0.15, 0.2) is 0 Å². The molecule has 0 N–H and O–H groups in total. The molecule has 0 aliphatic carbocycles. The van der Waals surface area contributed by atoms with Crippen molar-refractivity contribution in [3.05, 3.63) is 71.3 Å². The molecule has 0 aliphatic rings. The SMILES string of the molecule is COc1ccc(N=Nc2ccc(OC)cc2-n2nc(C)cc2C)c(-n2nc(C)cc2C)c1. The van der Waals surface area contributed by atoms with E-state index >= 15 is 0 Å². The standard InChI is InChI=1S/C24H26N6O2/c1-15-11-17(3)29(27-15)23-13-19(31-5)7-9-21(23)25-26-22-10-8-20(32-6)14-24(22)30-18(4)12-16(2)28-30/h7-14H,1-6H3. The molecular formula is C24H26N6O2. The van der Waals surface area contributed by atoms with Crippen molar-refractivity contribution < 1.29 is 9.47 Å². The van der Waals surface area contributed by atoms with E-state index < -0.39 is 0 Å². The van der Waals surface area contributed by atoms with Gasteiger partial charge in [-0.1, -0.05) is 0 Å². The fourth-order valence-electron chi connectivity index (χ4n) is 3.62. The Morgan fingerprint density at radius 3 is 1.34 bits per heavy atom. The molecule has 0 radical (unpaired) electrons. The van der Waals surface area contributed by atoms with Crippen LogP contribution in [0.1, 0.15) is 22.8 Å². The van der Waals surface area contributed by atoms with Gasteiger partial charge in [-0.25, -0.2) is 9.36 Å². The van der Waals surface area contributed by atoms with Crippen LogP contribution in [-0.2, 0) is 0 Å². The molecule has 2 heterocycles. The van der Waals surface area contributed by atoms with Crippen molar-refractivity contribution in [2.24, 2.45) is 10.2 Å². The molecule has 164 valence electrons. The zero-order valence-corrected chi connectivity index (χ0v) is 19.1. The van der Waals surface area contributed by atoms with E-state index in [9.17, 15) is 0 Å². The van der Waals surface area contributed by atoms with Crippen LogP contribution in [-0.4, -0.2) is 33.8 Å². The van der Waals surface area contributed by atoms with Crippen LogP contribution in [0.15, 0.2) is 58.8 Å². The lowest BCUT2D eigenvalue weighted by molar-refractivity contribution is 0.414. The summed E-state index contributed by atoms with van der Waals surface area (Å²) in [6, 6.07) is 15.3. The van der Waals surface area contributed by atoms with Crippen molar-refractivity contribution in [1.29, 1.82) is 0 Å². The van der Waals surface area contributed by atoms with E-state index in [4.69, 9.17) is 9.47 Å². The summed E-state index contributed by atoms with van der Waals surface area (Å²) in [5, 5.41) is 18.4. The van der Waals surface area contributed by atoms with Crippen molar-refractivity contribution in [3.63, 3.8) is 0 Å². The Morgan fingerprint density at radius 2 is 1.03 bits per heavy atom. The number of aromatic nitrogens is 4. The van der Waals surface area contributed by atoms with E-state index in [0.717, 1.165) is 45.6 Å². The summed E-state index contributed by atoms with van der Waals surface area (Å²) in [7, 11) is 3.28. The second-order valence-corrected chi connectivity index (χ2v) is 7.59. The smallest absolute Gasteiger partial charge is 0.121 e. The maximum Gasteiger partial charge on any atom is 0.121 e. The predicted octanol–water partition coefficient (Wildman–Crippen LogP) is 5.72. The molecule has 8 nitrogen and oxygen atoms in total. The summed E-state index contributed by atoms with van der Waals surface area (Å²) in [5.41, 5.74) is 6.78. The molecule has 8 heteroatoms. The van der Waals surface area contributed by atoms with Crippen LogP contribution in [0.5, 0.6) is 11.5 Å².